The zero-order valence-electron chi connectivity index (χ0n) is 13.5. The SMILES string of the molecule is Brc1cccc2ccc3cc(-c4ccc5ccccc5c4)ccc3c12. The van der Waals surface area contributed by atoms with Crippen molar-refractivity contribution in [2.45, 2.75) is 0 Å². The van der Waals surface area contributed by atoms with E-state index in [1.807, 2.05) is 0 Å². The van der Waals surface area contributed by atoms with Gasteiger partial charge in [-0.1, -0.05) is 88.7 Å². The van der Waals surface area contributed by atoms with Crippen LogP contribution in [0.15, 0.2) is 95.5 Å². The fraction of sp³-hybridized carbons (Fsp3) is 0. The van der Waals surface area contributed by atoms with Gasteiger partial charge < -0.3 is 0 Å². The van der Waals surface area contributed by atoms with Gasteiger partial charge in [-0.2, -0.15) is 0 Å². The van der Waals surface area contributed by atoms with Gasteiger partial charge >= 0.3 is 0 Å². The fourth-order valence-electron chi connectivity index (χ4n) is 3.62. The highest BCUT2D eigenvalue weighted by atomic mass is 79.9. The summed E-state index contributed by atoms with van der Waals surface area (Å²) >= 11 is 3.71. The number of hydrogen-bond donors (Lipinski definition) is 0. The number of rotatable bonds is 1. The van der Waals surface area contributed by atoms with Gasteiger partial charge in [0, 0.05) is 9.86 Å². The van der Waals surface area contributed by atoms with E-state index in [4.69, 9.17) is 0 Å². The maximum absolute atomic E-state index is 3.71. The van der Waals surface area contributed by atoms with Gasteiger partial charge in [0.25, 0.3) is 0 Å². The number of benzene rings is 5. The number of hydrogen-bond acceptors (Lipinski definition) is 0. The van der Waals surface area contributed by atoms with Gasteiger partial charge in [-0.05, 0) is 56.3 Å². The molecule has 0 amide bonds. The van der Waals surface area contributed by atoms with Crippen molar-refractivity contribution < 1.29 is 0 Å². The third-order valence-electron chi connectivity index (χ3n) is 4.89. The van der Waals surface area contributed by atoms with Gasteiger partial charge in [-0.3, -0.25) is 0 Å². The molecule has 0 aliphatic heterocycles. The number of halogens is 1. The Morgan fingerprint density at radius 1 is 0.480 bits per heavy atom. The molecule has 0 aliphatic rings. The third kappa shape index (κ3) is 2.43. The molecule has 0 fully saturated rings. The molecule has 0 saturated heterocycles. The Morgan fingerprint density at radius 3 is 2.00 bits per heavy atom. The van der Waals surface area contributed by atoms with Crippen LogP contribution in [-0.2, 0) is 0 Å². The molecule has 5 aromatic carbocycles. The van der Waals surface area contributed by atoms with Gasteiger partial charge in [0.05, 0.1) is 0 Å². The lowest BCUT2D eigenvalue weighted by Gasteiger charge is -2.09. The molecule has 118 valence electrons. The second-order valence-corrected chi connectivity index (χ2v) is 7.26. The summed E-state index contributed by atoms with van der Waals surface area (Å²) in [4.78, 5) is 0. The third-order valence-corrected chi connectivity index (χ3v) is 5.55. The number of fused-ring (bicyclic) bond motifs is 4. The summed E-state index contributed by atoms with van der Waals surface area (Å²) in [5.41, 5.74) is 2.51. The van der Waals surface area contributed by atoms with E-state index in [0.717, 1.165) is 4.47 Å². The van der Waals surface area contributed by atoms with Crippen LogP contribution in [0.2, 0.25) is 0 Å². The van der Waals surface area contributed by atoms with Gasteiger partial charge in [0.2, 0.25) is 0 Å². The predicted molar refractivity (Wildman–Crippen MR) is 112 cm³/mol. The highest BCUT2D eigenvalue weighted by Gasteiger charge is 2.06. The summed E-state index contributed by atoms with van der Waals surface area (Å²) in [6.45, 7) is 0. The van der Waals surface area contributed by atoms with Crippen LogP contribution in [0.25, 0.3) is 43.4 Å². The second-order valence-electron chi connectivity index (χ2n) is 6.40. The molecule has 0 unspecified atom stereocenters. The van der Waals surface area contributed by atoms with Crippen molar-refractivity contribution in [1.29, 1.82) is 0 Å². The monoisotopic (exact) mass is 382 g/mol. The van der Waals surface area contributed by atoms with Crippen LogP contribution < -0.4 is 0 Å². The van der Waals surface area contributed by atoms with Crippen LogP contribution in [0.4, 0.5) is 0 Å². The molecule has 0 N–H and O–H groups in total. The summed E-state index contributed by atoms with van der Waals surface area (Å²) in [6.07, 6.45) is 0. The molecule has 0 spiro atoms. The van der Waals surface area contributed by atoms with Gasteiger partial charge in [0.15, 0.2) is 0 Å². The van der Waals surface area contributed by atoms with Gasteiger partial charge in [0.1, 0.15) is 0 Å². The minimum absolute atomic E-state index is 1.15. The van der Waals surface area contributed by atoms with Crippen molar-refractivity contribution in [1.82, 2.24) is 0 Å². The Kier molecular flexibility index (Phi) is 3.36. The lowest BCUT2D eigenvalue weighted by Crippen LogP contribution is -1.83. The van der Waals surface area contributed by atoms with Gasteiger partial charge in [-0.15, -0.1) is 0 Å². The molecule has 0 atom stereocenters. The van der Waals surface area contributed by atoms with Crippen molar-refractivity contribution in [3.8, 4) is 11.1 Å². The molecule has 0 nitrogen and oxygen atoms in total. The molecular weight excluding hydrogens is 368 g/mol. The molecular formula is C24H15Br. The minimum atomic E-state index is 1.15. The highest BCUT2D eigenvalue weighted by Crippen LogP contribution is 2.34. The zero-order chi connectivity index (χ0) is 16.8. The Morgan fingerprint density at radius 2 is 1.12 bits per heavy atom. The van der Waals surface area contributed by atoms with Crippen molar-refractivity contribution in [2.24, 2.45) is 0 Å². The Hall–Kier alpha value is -2.64. The fourth-order valence-corrected chi connectivity index (χ4v) is 4.22. The van der Waals surface area contributed by atoms with Crippen LogP contribution >= 0.6 is 15.9 Å². The molecule has 0 aromatic heterocycles. The molecule has 5 aromatic rings. The molecule has 0 heterocycles. The van der Waals surface area contributed by atoms with E-state index in [2.05, 4.69) is 107 Å². The zero-order valence-corrected chi connectivity index (χ0v) is 15.1. The van der Waals surface area contributed by atoms with E-state index in [1.54, 1.807) is 0 Å². The van der Waals surface area contributed by atoms with E-state index < -0.39 is 0 Å². The van der Waals surface area contributed by atoms with Crippen LogP contribution in [0.5, 0.6) is 0 Å². The molecule has 0 bridgehead atoms. The van der Waals surface area contributed by atoms with Crippen LogP contribution in [0.3, 0.4) is 0 Å². The summed E-state index contributed by atoms with van der Waals surface area (Å²) < 4.78 is 1.15. The van der Waals surface area contributed by atoms with E-state index >= 15 is 0 Å². The topological polar surface area (TPSA) is 0 Å². The molecule has 25 heavy (non-hydrogen) atoms. The smallest absolute Gasteiger partial charge is 0.0259 e. The minimum Gasteiger partial charge on any atom is -0.0616 e. The molecule has 1 heteroatoms. The Balaban J connectivity index is 1.74. The molecule has 0 saturated carbocycles. The van der Waals surface area contributed by atoms with Crippen LogP contribution in [0, 0.1) is 0 Å². The summed E-state index contributed by atoms with van der Waals surface area (Å²) in [6, 6.07) is 32.7. The normalized spacial score (nSPS) is 11.4. The van der Waals surface area contributed by atoms with Crippen LogP contribution in [-0.4, -0.2) is 0 Å². The first-order valence-electron chi connectivity index (χ1n) is 8.40. The Labute approximate surface area is 154 Å². The van der Waals surface area contributed by atoms with E-state index in [-0.39, 0.29) is 0 Å². The quantitative estimate of drug-likeness (QED) is 0.262. The van der Waals surface area contributed by atoms with Crippen molar-refractivity contribution >= 4 is 48.2 Å². The first-order chi connectivity index (χ1) is 12.3. The van der Waals surface area contributed by atoms with E-state index in [0.29, 0.717) is 0 Å². The maximum Gasteiger partial charge on any atom is 0.0259 e. The first kappa shape index (κ1) is 14.7. The van der Waals surface area contributed by atoms with E-state index in [1.165, 1.54) is 43.4 Å². The lowest BCUT2D eigenvalue weighted by molar-refractivity contribution is 1.67. The summed E-state index contributed by atoms with van der Waals surface area (Å²) in [5.74, 6) is 0. The standard InChI is InChI=1S/C24H15Br/c25-23-7-3-6-17-9-11-21-15-20(12-13-22(21)24(17)23)19-10-8-16-4-1-2-5-18(16)14-19/h1-15H. The van der Waals surface area contributed by atoms with Gasteiger partial charge in [-0.25, -0.2) is 0 Å². The Bertz CT molecular complexity index is 1250. The summed E-state index contributed by atoms with van der Waals surface area (Å²) in [7, 11) is 0. The highest BCUT2D eigenvalue weighted by molar-refractivity contribution is 9.10. The molecule has 0 aliphatic carbocycles. The van der Waals surface area contributed by atoms with Crippen LogP contribution in [0.1, 0.15) is 0 Å². The van der Waals surface area contributed by atoms with E-state index in [9.17, 15) is 0 Å². The lowest BCUT2D eigenvalue weighted by atomic mass is 9.96. The first-order valence-corrected chi connectivity index (χ1v) is 9.19. The molecule has 5 rings (SSSR count). The van der Waals surface area contributed by atoms with Crippen molar-refractivity contribution in [2.75, 3.05) is 0 Å². The second kappa shape index (κ2) is 5.72. The summed E-state index contributed by atoms with van der Waals surface area (Å²) in [5, 5.41) is 7.66. The van der Waals surface area contributed by atoms with Crippen molar-refractivity contribution in [3.63, 3.8) is 0 Å². The maximum atomic E-state index is 3.71. The molecule has 0 radical (unpaired) electrons. The predicted octanol–water partition coefficient (Wildman–Crippen LogP) is 7.58. The average molecular weight is 383 g/mol. The van der Waals surface area contributed by atoms with Crippen molar-refractivity contribution in [3.05, 3.63) is 95.5 Å². The average Bonchev–Trinajstić information content (AvgIpc) is 2.67. The largest absolute Gasteiger partial charge is 0.0616 e.